The lowest BCUT2D eigenvalue weighted by Gasteiger charge is -2.40. The molecule has 0 saturated heterocycles. The van der Waals surface area contributed by atoms with Crippen LogP contribution in [0.5, 0.6) is 0 Å². The Morgan fingerprint density at radius 2 is 1.84 bits per heavy atom. The fraction of sp³-hybridized carbons (Fsp3) is 0.269. The lowest BCUT2D eigenvalue weighted by Crippen LogP contribution is -2.41. The second kappa shape index (κ2) is 8.49. The molecular weight excluding hydrogens is 420 g/mol. The number of fused-ring (bicyclic) bond motifs is 1. The molecule has 0 amide bonds. The summed E-state index contributed by atoms with van der Waals surface area (Å²) in [5, 5.41) is 7.65. The zero-order valence-electron chi connectivity index (χ0n) is 17.7. The fourth-order valence-electron chi connectivity index (χ4n) is 4.98. The number of nitrogens with two attached hydrogens (primary N) is 1. The molecule has 0 radical (unpaired) electrons. The quantitative estimate of drug-likeness (QED) is 0.474. The molecule has 0 unspecified atom stereocenters. The predicted octanol–water partition coefficient (Wildman–Crippen LogP) is 5.12. The van der Waals surface area contributed by atoms with E-state index in [0.29, 0.717) is 6.54 Å². The van der Waals surface area contributed by atoms with Gasteiger partial charge in [-0.15, -0.1) is 0 Å². The molecule has 1 aliphatic rings. The van der Waals surface area contributed by atoms with E-state index in [9.17, 15) is 4.79 Å². The molecule has 2 N–H and O–H groups in total. The fourth-order valence-corrected chi connectivity index (χ4v) is 5.17. The van der Waals surface area contributed by atoms with Gasteiger partial charge >= 0.3 is 0 Å². The standard InChI is InChI=1S/C26H25ClN4O/c27-20-6-3-5-19(14-20)26(17-28)12-10-21(11-13-26)31-25(32)9-8-24(30-31)23-16-29-15-18-4-1-2-7-22(18)23/h1-9,14-16,21H,10-13,17,28H2. The van der Waals surface area contributed by atoms with E-state index in [0.717, 1.165) is 52.7 Å². The van der Waals surface area contributed by atoms with Crippen molar-refractivity contribution in [1.82, 2.24) is 14.8 Å². The molecule has 0 aliphatic heterocycles. The van der Waals surface area contributed by atoms with Crippen LogP contribution in [0, 0.1) is 0 Å². The largest absolute Gasteiger partial charge is 0.330 e. The van der Waals surface area contributed by atoms with E-state index in [2.05, 4.69) is 17.1 Å². The third-order valence-corrected chi connectivity index (χ3v) is 7.09. The number of halogens is 1. The Morgan fingerprint density at radius 3 is 2.62 bits per heavy atom. The van der Waals surface area contributed by atoms with Gasteiger partial charge in [0.25, 0.3) is 5.56 Å². The van der Waals surface area contributed by atoms with Gasteiger partial charge in [-0.05, 0) is 54.8 Å². The van der Waals surface area contributed by atoms with Crippen molar-refractivity contribution < 1.29 is 0 Å². The molecule has 4 aromatic rings. The first kappa shape index (κ1) is 20.9. The van der Waals surface area contributed by atoms with E-state index in [1.165, 1.54) is 5.56 Å². The average molecular weight is 445 g/mol. The van der Waals surface area contributed by atoms with Crippen LogP contribution in [0.4, 0.5) is 0 Å². The van der Waals surface area contributed by atoms with Crippen LogP contribution in [0.3, 0.4) is 0 Å². The van der Waals surface area contributed by atoms with Crippen LogP contribution < -0.4 is 11.3 Å². The zero-order chi connectivity index (χ0) is 22.1. The number of nitrogens with zero attached hydrogens (tertiary/aromatic N) is 3. The molecule has 5 nitrogen and oxygen atoms in total. The van der Waals surface area contributed by atoms with Crippen molar-refractivity contribution in [2.75, 3.05) is 6.54 Å². The molecule has 6 heteroatoms. The van der Waals surface area contributed by atoms with E-state index in [1.54, 1.807) is 16.8 Å². The second-order valence-corrected chi connectivity index (χ2v) is 9.07. The molecular formula is C26H25ClN4O. The van der Waals surface area contributed by atoms with Gasteiger partial charge in [-0.2, -0.15) is 5.10 Å². The molecule has 0 bridgehead atoms. The second-order valence-electron chi connectivity index (χ2n) is 8.64. The van der Waals surface area contributed by atoms with Gasteiger partial charge in [-0.1, -0.05) is 48.0 Å². The number of aromatic nitrogens is 3. The maximum Gasteiger partial charge on any atom is 0.267 e. The van der Waals surface area contributed by atoms with Crippen LogP contribution in [0.25, 0.3) is 22.0 Å². The minimum absolute atomic E-state index is 0.0456. The minimum Gasteiger partial charge on any atom is -0.330 e. The smallest absolute Gasteiger partial charge is 0.267 e. The summed E-state index contributed by atoms with van der Waals surface area (Å²) >= 11 is 6.24. The average Bonchev–Trinajstić information content (AvgIpc) is 2.84. The summed E-state index contributed by atoms with van der Waals surface area (Å²) in [6.07, 6.45) is 7.13. The Hall–Kier alpha value is -3.02. The Kier molecular flexibility index (Phi) is 5.53. The molecule has 2 aromatic carbocycles. The molecule has 0 spiro atoms. The number of hydrogen-bond donors (Lipinski definition) is 1. The SMILES string of the molecule is NCC1(c2cccc(Cl)c2)CCC(n2nc(-c3cncc4ccccc34)ccc2=O)CC1. The van der Waals surface area contributed by atoms with Crippen molar-refractivity contribution in [3.05, 3.63) is 94.0 Å². The summed E-state index contributed by atoms with van der Waals surface area (Å²) in [5.41, 5.74) is 8.95. The Morgan fingerprint density at radius 1 is 1.03 bits per heavy atom. The van der Waals surface area contributed by atoms with Gasteiger partial charge in [0.1, 0.15) is 0 Å². The number of pyridine rings is 1. The van der Waals surface area contributed by atoms with Crippen LogP contribution in [-0.4, -0.2) is 21.3 Å². The van der Waals surface area contributed by atoms with Gasteiger partial charge in [0.15, 0.2) is 0 Å². The van der Waals surface area contributed by atoms with Crippen LogP contribution >= 0.6 is 11.6 Å². The van der Waals surface area contributed by atoms with E-state index < -0.39 is 0 Å². The van der Waals surface area contributed by atoms with E-state index >= 15 is 0 Å². The van der Waals surface area contributed by atoms with Crippen molar-refractivity contribution in [3.8, 4) is 11.3 Å². The first-order chi connectivity index (χ1) is 15.6. The maximum absolute atomic E-state index is 12.8. The molecule has 1 saturated carbocycles. The first-order valence-corrected chi connectivity index (χ1v) is 11.4. The number of benzene rings is 2. The molecule has 5 rings (SSSR count). The van der Waals surface area contributed by atoms with Gasteiger partial charge in [0.2, 0.25) is 0 Å². The highest BCUT2D eigenvalue weighted by molar-refractivity contribution is 6.30. The lowest BCUT2D eigenvalue weighted by molar-refractivity contribution is 0.222. The summed E-state index contributed by atoms with van der Waals surface area (Å²) in [6, 6.07) is 19.5. The van der Waals surface area contributed by atoms with Gasteiger partial charge < -0.3 is 5.73 Å². The van der Waals surface area contributed by atoms with Gasteiger partial charge in [0, 0.05) is 46.4 Å². The zero-order valence-corrected chi connectivity index (χ0v) is 18.5. The summed E-state index contributed by atoms with van der Waals surface area (Å²) in [4.78, 5) is 17.1. The molecule has 162 valence electrons. The highest BCUT2D eigenvalue weighted by Crippen LogP contribution is 2.42. The van der Waals surface area contributed by atoms with Crippen molar-refractivity contribution in [2.24, 2.45) is 5.73 Å². The molecule has 2 heterocycles. The van der Waals surface area contributed by atoms with Crippen molar-refractivity contribution in [2.45, 2.75) is 37.1 Å². The van der Waals surface area contributed by atoms with Crippen molar-refractivity contribution >= 4 is 22.4 Å². The van der Waals surface area contributed by atoms with Gasteiger partial charge in [-0.25, -0.2) is 4.68 Å². The Balaban J connectivity index is 1.46. The molecule has 1 fully saturated rings. The highest BCUT2D eigenvalue weighted by atomic mass is 35.5. The normalized spacial score (nSPS) is 21.0. The molecule has 32 heavy (non-hydrogen) atoms. The van der Waals surface area contributed by atoms with Crippen LogP contribution in [0.15, 0.2) is 77.9 Å². The number of rotatable bonds is 4. The summed E-state index contributed by atoms with van der Waals surface area (Å²) in [5.74, 6) is 0. The molecule has 1 aliphatic carbocycles. The lowest BCUT2D eigenvalue weighted by atomic mass is 9.68. The Bertz CT molecular complexity index is 1320. The third kappa shape index (κ3) is 3.72. The highest BCUT2D eigenvalue weighted by Gasteiger charge is 2.37. The third-order valence-electron chi connectivity index (χ3n) is 6.86. The van der Waals surface area contributed by atoms with Crippen LogP contribution in [-0.2, 0) is 5.41 Å². The van der Waals surface area contributed by atoms with Gasteiger partial charge in [0.05, 0.1) is 11.7 Å². The van der Waals surface area contributed by atoms with E-state index in [1.807, 2.05) is 48.8 Å². The first-order valence-electron chi connectivity index (χ1n) is 11.0. The van der Waals surface area contributed by atoms with Crippen molar-refractivity contribution in [1.29, 1.82) is 0 Å². The predicted molar refractivity (Wildman–Crippen MR) is 129 cm³/mol. The summed E-state index contributed by atoms with van der Waals surface area (Å²) < 4.78 is 1.66. The van der Waals surface area contributed by atoms with E-state index in [4.69, 9.17) is 22.4 Å². The maximum atomic E-state index is 12.8. The molecule has 0 atom stereocenters. The summed E-state index contributed by atoms with van der Waals surface area (Å²) in [7, 11) is 0. The summed E-state index contributed by atoms with van der Waals surface area (Å²) in [6.45, 7) is 0.560. The van der Waals surface area contributed by atoms with E-state index in [-0.39, 0.29) is 17.0 Å². The molecule has 2 aromatic heterocycles. The van der Waals surface area contributed by atoms with Crippen molar-refractivity contribution in [3.63, 3.8) is 0 Å². The van der Waals surface area contributed by atoms with Crippen LogP contribution in [0.1, 0.15) is 37.3 Å². The number of hydrogen-bond acceptors (Lipinski definition) is 4. The van der Waals surface area contributed by atoms with Gasteiger partial charge in [-0.3, -0.25) is 9.78 Å². The monoisotopic (exact) mass is 444 g/mol. The minimum atomic E-state index is -0.109. The van der Waals surface area contributed by atoms with Crippen LogP contribution in [0.2, 0.25) is 5.02 Å². The topological polar surface area (TPSA) is 73.8 Å². The Labute approximate surface area is 191 Å².